The van der Waals surface area contributed by atoms with E-state index in [1.54, 1.807) is 11.8 Å². The van der Waals surface area contributed by atoms with Crippen molar-refractivity contribution in [3.8, 4) is 34.0 Å². The highest BCUT2D eigenvalue weighted by atomic mass is 19.3. The topological polar surface area (TPSA) is 87.0 Å². The van der Waals surface area contributed by atoms with Crippen LogP contribution in [-0.4, -0.2) is 38.5 Å². The van der Waals surface area contributed by atoms with Crippen LogP contribution in [0.25, 0.3) is 33.5 Å². The van der Waals surface area contributed by atoms with Gasteiger partial charge in [0.2, 0.25) is 0 Å². The molecule has 36 heavy (non-hydrogen) atoms. The molecule has 1 N–H and O–H groups in total. The van der Waals surface area contributed by atoms with E-state index >= 15 is 0 Å². The van der Waals surface area contributed by atoms with Crippen molar-refractivity contribution in [2.45, 2.75) is 13.2 Å². The molecular formula is C26H22F2N6O2. The minimum Gasteiger partial charge on any atom is -0.497 e. The Labute approximate surface area is 205 Å². The minimum absolute atomic E-state index is 0.106. The molecule has 3 heterocycles. The van der Waals surface area contributed by atoms with E-state index in [0.29, 0.717) is 23.3 Å². The third kappa shape index (κ3) is 4.78. The lowest BCUT2D eigenvalue weighted by atomic mass is 10.0. The summed E-state index contributed by atoms with van der Waals surface area (Å²) in [6, 6.07) is 18.5. The number of ether oxygens (including phenoxy) is 2. The van der Waals surface area contributed by atoms with Crippen molar-refractivity contribution < 1.29 is 18.3 Å². The van der Waals surface area contributed by atoms with Gasteiger partial charge in [-0.3, -0.25) is 4.68 Å². The number of pyridine rings is 1. The number of nitrogens with one attached hydrogen (secondary N) is 1. The number of nitrogens with zero attached hydrogens (tertiary/aromatic N) is 5. The number of methoxy groups -OCH3 is 1. The quantitative estimate of drug-likeness (QED) is 0.317. The monoisotopic (exact) mass is 488 g/mol. The van der Waals surface area contributed by atoms with Gasteiger partial charge >= 0.3 is 6.61 Å². The highest BCUT2D eigenvalue weighted by molar-refractivity contribution is 5.94. The summed E-state index contributed by atoms with van der Waals surface area (Å²) in [7, 11) is 3.41. The summed E-state index contributed by atoms with van der Waals surface area (Å²) in [5.41, 5.74) is 4.62. The molecule has 3 aromatic heterocycles. The number of alkyl halides is 2. The molecule has 0 spiro atoms. The molecule has 0 aliphatic heterocycles. The van der Waals surface area contributed by atoms with E-state index in [9.17, 15) is 8.78 Å². The molecule has 0 unspecified atom stereocenters. The summed E-state index contributed by atoms with van der Waals surface area (Å²) >= 11 is 0. The second-order valence-corrected chi connectivity index (χ2v) is 7.94. The zero-order valence-electron chi connectivity index (χ0n) is 19.5. The standard InChI is InChI=1S/C26H22F2N6O2/c1-34-14-19(22(33-34)17-6-4-3-5-7-17)23-24-20(30-15-31-23)12-21(36-26(27)28)25(32-24)29-13-16-8-10-18(35-2)11-9-16/h3-12,14-15,26H,13H2,1-2H3,(H,29,32). The summed E-state index contributed by atoms with van der Waals surface area (Å²) < 4.78 is 38.0. The largest absolute Gasteiger partial charge is 0.497 e. The summed E-state index contributed by atoms with van der Waals surface area (Å²) in [5, 5.41) is 7.72. The Morgan fingerprint density at radius 1 is 1.00 bits per heavy atom. The average molecular weight is 488 g/mol. The number of aromatic nitrogens is 5. The van der Waals surface area contributed by atoms with Crippen LogP contribution in [0.4, 0.5) is 14.6 Å². The number of benzene rings is 2. The second-order valence-electron chi connectivity index (χ2n) is 7.94. The van der Waals surface area contributed by atoms with Crippen LogP contribution in [0.5, 0.6) is 11.5 Å². The number of hydrogen-bond donors (Lipinski definition) is 1. The first kappa shape index (κ1) is 23.2. The van der Waals surface area contributed by atoms with Gasteiger partial charge in [0, 0.05) is 37.0 Å². The fourth-order valence-corrected chi connectivity index (χ4v) is 3.88. The first-order valence-electron chi connectivity index (χ1n) is 11.1. The van der Waals surface area contributed by atoms with Crippen LogP contribution in [0.3, 0.4) is 0 Å². The number of anilines is 1. The van der Waals surface area contributed by atoms with Gasteiger partial charge in [-0.15, -0.1) is 0 Å². The van der Waals surface area contributed by atoms with Crippen LogP contribution in [0, 0.1) is 0 Å². The van der Waals surface area contributed by atoms with Crippen LogP contribution in [0.15, 0.2) is 73.2 Å². The highest BCUT2D eigenvalue weighted by Gasteiger charge is 2.20. The van der Waals surface area contributed by atoms with E-state index in [4.69, 9.17) is 9.47 Å². The van der Waals surface area contributed by atoms with Crippen LogP contribution >= 0.6 is 0 Å². The van der Waals surface area contributed by atoms with Gasteiger partial charge < -0.3 is 14.8 Å². The molecule has 0 amide bonds. The van der Waals surface area contributed by atoms with E-state index in [-0.39, 0.29) is 11.6 Å². The van der Waals surface area contributed by atoms with Crippen LogP contribution in [-0.2, 0) is 13.6 Å². The number of rotatable bonds is 8. The number of halogens is 2. The van der Waals surface area contributed by atoms with Gasteiger partial charge in [-0.25, -0.2) is 15.0 Å². The smallest absolute Gasteiger partial charge is 0.387 e. The Balaban J connectivity index is 1.59. The number of aryl methyl sites for hydroxylation is 1. The third-order valence-corrected chi connectivity index (χ3v) is 5.54. The Bertz CT molecular complexity index is 1490. The molecule has 2 aromatic carbocycles. The Kier molecular flexibility index (Phi) is 6.40. The Hall–Kier alpha value is -4.60. The van der Waals surface area contributed by atoms with E-state index in [1.165, 1.54) is 12.4 Å². The maximum absolute atomic E-state index is 13.2. The molecule has 0 aliphatic carbocycles. The van der Waals surface area contributed by atoms with Gasteiger partial charge in [0.25, 0.3) is 0 Å². The SMILES string of the molecule is COc1ccc(CNc2nc3c(-c4cn(C)nc4-c4ccccc4)ncnc3cc2OC(F)F)cc1. The zero-order valence-corrected chi connectivity index (χ0v) is 19.5. The van der Waals surface area contributed by atoms with Crippen molar-refractivity contribution in [2.24, 2.45) is 7.05 Å². The van der Waals surface area contributed by atoms with E-state index in [2.05, 4.69) is 25.4 Å². The normalized spacial score (nSPS) is 11.1. The maximum atomic E-state index is 13.2. The van der Waals surface area contributed by atoms with Crippen LogP contribution in [0.1, 0.15) is 5.56 Å². The first-order valence-corrected chi connectivity index (χ1v) is 11.1. The van der Waals surface area contributed by atoms with Crippen LogP contribution in [0.2, 0.25) is 0 Å². The lowest BCUT2D eigenvalue weighted by Gasteiger charge is -2.14. The summed E-state index contributed by atoms with van der Waals surface area (Å²) in [4.78, 5) is 13.4. The van der Waals surface area contributed by atoms with Gasteiger partial charge in [0.1, 0.15) is 29.0 Å². The van der Waals surface area contributed by atoms with E-state index < -0.39 is 6.61 Å². The van der Waals surface area contributed by atoms with Crippen LogP contribution < -0.4 is 14.8 Å². The van der Waals surface area contributed by atoms with Crippen molar-refractivity contribution in [3.05, 3.63) is 78.8 Å². The predicted octanol–water partition coefficient (Wildman–Crippen LogP) is 5.31. The molecule has 0 fully saturated rings. The second kappa shape index (κ2) is 9.95. The average Bonchev–Trinajstić information content (AvgIpc) is 3.29. The predicted molar refractivity (Wildman–Crippen MR) is 132 cm³/mol. The molecule has 0 saturated heterocycles. The van der Waals surface area contributed by atoms with Gasteiger partial charge in [-0.05, 0) is 17.7 Å². The van der Waals surface area contributed by atoms with Crippen molar-refractivity contribution in [3.63, 3.8) is 0 Å². The Morgan fingerprint density at radius 3 is 2.50 bits per heavy atom. The Morgan fingerprint density at radius 2 is 1.78 bits per heavy atom. The van der Waals surface area contributed by atoms with Crippen molar-refractivity contribution >= 4 is 16.9 Å². The summed E-state index contributed by atoms with van der Waals surface area (Å²) in [5.74, 6) is 0.765. The zero-order chi connectivity index (χ0) is 25.1. The molecule has 0 saturated carbocycles. The molecule has 0 aliphatic rings. The van der Waals surface area contributed by atoms with Crippen molar-refractivity contribution in [1.29, 1.82) is 0 Å². The van der Waals surface area contributed by atoms with Gasteiger partial charge in [-0.2, -0.15) is 13.9 Å². The fourth-order valence-electron chi connectivity index (χ4n) is 3.88. The molecule has 5 rings (SSSR count). The maximum Gasteiger partial charge on any atom is 0.387 e. The van der Waals surface area contributed by atoms with E-state index in [0.717, 1.165) is 28.1 Å². The van der Waals surface area contributed by atoms with Gasteiger partial charge in [0.05, 0.1) is 12.6 Å². The molecule has 0 atom stereocenters. The van der Waals surface area contributed by atoms with Gasteiger partial charge in [0.15, 0.2) is 11.6 Å². The van der Waals surface area contributed by atoms with Crippen molar-refractivity contribution in [2.75, 3.05) is 12.4 Å². The summed E-state index contributed by atoms with van der Waals surface area (Å²) in [6.07, 6.45) is 3.22. The third-order valence-electron chi connectivity index (χ3n) is 5.54. The van der Waals surface area contributed by atoms with E-state index in [1.807, 2.05) is 67.8 Å². The number of hydrogen-bond acceptors (Lipinski definition) is 7. The minimum atomic E-state index is -3.02. The molecule has 0 bridgehead atoms. The fraction of sp³-hybridized carbons (Fsp3) is 0.154. The lowest BCUT2D eigenvalue weighted by molar-refractivity contribution is -0.0494. The molecule has 8 nitrogen and oxygen atoms in total. The molecule has 182 valence electrons. The molecule has 10 heteroatoms. The summed E-state index contributed by atoms with van der Waals surface area (Å²) in [6.45, 7) is -2.69. The molecule has 5 aromatic rings. The lowest BCUT2D eigenvalue weighted by Crippen LogP contribution is -2.09. The first-order chi connectivity index (χ1) is 17.5. The number of fused-ring (bicyclic) bond motifs is 1. The van der Waals surface area contributed by atoms with Gasteiger partial charge in [-0.1, -0.05) is 42.5 Å². The highest BCUT2D eigenvalue weighted by Crippen LogP contribution is 2.36. The molecule has 0 radical (unpaired) electrons. The molecular weight excluding hydrogens is 466 g/mol. The van der Waals surface area contributed by atoms with Crippen molar-refractivity contribution in [1.82, 2.24) is 24.7 Å².